The highest BCUT2D eigenvalue weighted by Crippen LogP contribution is 2.27. The molecular weight excluding hydrogens is 393 g/mol. The molecule has 2 aromatic rings. The van der Waals surface area contributed by atoms with Gasteiger partial charge < -0.3 is 16.0 Å². The van der Waals surface area contributed by atoms with E-state index in [0.29, 0.717) is 27.0 Å². The van der Waals surface area contributed by atoms with E-state index in [-0.39, 0.29) is 24.2 Å². The number of hydrogen-bond acceptors (Lipinski definition) is 4. The fourth-order valence-electron chi connectivity index (χ4n) is 2.24. The number of carbonyl (C=O) groups excluding carboxylic acids is 2. The molecule has 2 amide bonds. The molecule has 8 heteroatoms. The summed E-state index contributed by atoms with van der Waals surface area (Å²) in [4.78, 5) is 25.2. The summed E-state index contributed by atoms with van der Waals surface area (Å²) in [6.45, 7) is 6.19. The van der Waals surface area contributed by atoms with Crippen molar-refractivity contribution in [3.63, 3.8) is 0 Å². The predicted octanol–water partition coefficient (Wildman–Crippen LogP) is 4.11. The molecule has 0 spiro atoms. The lowest BCUT2D eigenvalue weighted by atomic mass is 10.2. The predicted molar refractivity (Wildman–Crippen MR) is 111 cm³/mol. The largest absolute Gasteiger partial charge is 0.350 e. The van der Waals surface area contributed by atoms with Crippen molar-refractivity contribution in [3.8, 4) is 0 Å². The second-order valence-corrected chi connectivity index (χ2v) is 7.02. The van der Waals surface area contributed by atoms with E-state index in [2.05, 4.69) is 22.9 Å². The topological polar surface area (TPSA) is 70.2 Å². The summed E-state index contributed by atoms with van der Waals surface area (Å²) in [5.74, 6) is -0.415. The molecule has 1 aromatic heterocycles. The van der Waals surface area contributed by atoms with Gasteiger partial charge in [0.25, 0.3) is 11.8 Å². The highest BCUT2D eigenvalue weighted by Gasteiger charge is 2.16. The molecule has 1 heterocycles. The lowest BCUT2D eigenvalue weighted by Crippen LogP contribution is -2.31. The van der Waals surface area contributed by atoms with Crippen molar-refractivity contribution in [2.24, 2.45) is 0 Å². The van der Waals surface area contributed by atoms with E-state index in [1.165, 1.54) is 11.3 Å². The highest BCUT2D eigenvalue weighted by atomic mass is 35.5. The number of hydrogen-bond donors (Lipinski definition) is 3. The molecule has 5 nitrogen and oxygen atoms in total. The number of nitrogens with one attached hydrogen (secondary N) is 3. The molecule has 0 aliphatic carbocycles. The number of benzene rings is 1. The van der Waals surface area contributed by atoms with Gasteiger partial charge >= 0.3 is 0 Å². The number of carbonyl (C=O) groups is 2. The summed E-state index contributed by atoms with van der Waals surface area (Å²) < 4.78 is 0. The molecule has 2 rings (SSSR count). The Bertz CT molecular complexity index is 750. The average Bonchev–Trinajstić information content (AvgIpc) is 2.95. The molecule has 0 atom stereocenters. The number of aryl methyl sites for hydroxylation is 1. The van der Waals surface area contributed by atoms with E-state index in [9.17, 15) is 9.59 Å². The maximum absolute atomic E-state index is 12.3. The van der Waals surface area contributed by atoms with Crippen molar-refractivity contribution < 1.29 is 9.59 Å². The Morgan fingerprint density at radius 3 is 2.54 bits per heavy atom. The van der Waals surface area contributed by atoms with Crippen LogP contribution in [0.3, 0.4) is 0 Å². The smallest absolute Gasteiger partial charge is 0.261 e. The van der Waals surface area contributed by atoms with Gasteiger partial charge in [-0.15, -0.1) is 23.7 Å². The minimum Gasteiger partial charge on any atom is -0.350 e. The van der Waals surface area contributed by atoms with E-state index in [1.54, 1.807) is 30.3 Å². The molecule has 0 saturated carbocycles. The van der Waals surface area contributed by atoms with Crippen LogP contribution in [0, 0.1) is 6.92 Å². The average molecular weight is 416 g/mol. The third kappa shape index (κ3) is 6.29. The molecule has 3 N–H and O–H groups in total. The Balaban J connectivity index is 0.00000338. The van der Waals surface area contributed by atoms with Gasteiger partial charge in [0.1, 0.15) is 0 Å². The van der Waals surface area contributed by atoms with Crippen molar-refractivity contribution in [1.29, 1.82) is 0 Å². The molecule has 1 aromatic carbocycles. The summed E-state index contributed by atoms with van der Waals surface area (Å²) in [5, 5.41) is 9.93. The standard InChI is InChI=1S/C18H22ClN3O2S.ClH/c1-3-8-20-9-10-21-18(24)16-12(2)11-15(25-16)22-17(23)13-6-4-5-7-14(13)19;/h4-7,11,20H,3,8-10H2,1-2H3,(H,21,24)(H,22,23);1H. The zero-order chi connectivity index (χ0) is 18.2. The molecule has 0 bridgehead atoms. The van der Waals surface area contributed by atoms with E-state index in [1.807, 2.05) is 6.92 Å². The summed E-state index contributed by atoms with van der Waals surface area (Å²) in [7, 11) is 0. The summed E-state index contributed by atoms with van der Waals surface area (Å²) in [6, 6.07) is 8.65. The van der Waals surface area contributed by atoms with Gasteiger partial charge in [-0.3, -0.25) is 9.59 Å². The van der Waals surface area contributed by atoms with Crippen molar-refractivity contribution in [2.75, 3.05) is 25.0 Å². The first kappa shape index (κ1) is 22.4. The first-order valence-corrected chi connectivity index (χ1v) is 9.37. The van der Waals surface area contributed by atoms with Crippen LogP contribution < -0.4 is 16.0 Å². The molecule has 142 valence electrons. The zero-order valence-electron chi connectivity index (χ0n) is 14.7. The Morgan fingerprint density at radius 1 is 1.12 bits per heavy atom. The van der Waals surface area contributed by atoms with Crippen LogP contribution in [0.4, 0.5) is 5.00 Å². The van der Waals surface area contributed by atoms with Crippen LogP contribution in [0.2, 0.25) is 5.02 Å². The minimum absolute atomic E-state index is 0. The fraction of sp³-hybridized carbons (Fsp3) is 0.333. The molecule has 26 heavy (non-hydrogen) atoms. The fourth-order valence-corrected chi connectivity index (χ4v) is 3.45. The van der Waals surface area contributed by atoms with E-state index >= 15 is 0 Å². The van der Waals surface area contributed by atoms with E-state index in [4.69, 9.17) is 11.6 Å². The lowest BCUT2D eigenvalue weighted by Gasteiger charge is -2.05. The van der Waals surface area contributed by atoms with Crippen LogP contribution in [-0.4, -0.2) is 31.4 Å². The monoisotopic (exact) mass is 415 g/mol. The quantitative estimate of drug-likeness (QED) is 0.567. The van der Waals surface area contributed by atoms with Gasteiger partial charge in [0.15, 0.2) is 0 Å². The molecule has 0 unspecified atom stereocenters. The third-order valence-electron chi connectivity index (χ3n) is 3.49. The van der Waals surface area contributed by atoms with Crippen LogP contribution in [0.15, 0.2) is 30.3 Å². The van der Waals surface area contributed by atoms with Crippen molar-refractivity contribution in [1.82, 2.24) is 10.6 Å². The lowest BCUT2D eigenvalue weighted by molar-refractivity contribution is 0.0956. The minimum atomic E-state index is -0.289. The number of thiophene rings is 1. The van der Waals surface area contributed by atoms with E-state index < -0.39 is 0 Å². The van der Waals surface area contributed by atoms with Gasteiger partial charge in [-0.1, -0.05) is 30.7 Å². The summed E-state index contributed by atoms with van der Waals surface area (Å²) in [6.07, 6.45) is 1.06. The maximum atomic E-state index is 12.3. The number of anilines is 1. The van der Waals surface area contributed by atoms with Crippen molar-refractivity contribution in [2.45, 2.75) is 20.3 Å². The van der Waals surface area contributed by atoms with Crippen LogP contribution in [0.5, 0.6) is 0 Å². The zero-order valence-corrected chi connectivity index (χ0v) is 17.1. The second kappa shape index (κ2) is 11.2. The van der Waals surface area contributed by atoms with Gasteiger partial charge in [0, 0.05) is 13.1 Å². The van der Waals surface area contributed by atoms with Crippen LogP contribution in [0.1, 0.15) is 38.9 Å². The number of rotatable bonds is 8. The van der Waals surface area contributed by atoms with Gasteiger partial charge in [0.2, 0.25) is 0 Å². The van der Waals surface area contributed by atoms with Crippen molar-refractivity contribution >= 4 is 52.2 Å². The van der Waals surface area contributed by atoms with Gasteiger partial charge in [-0.2, -0.15) is 0 Å². The number of halogens is 2. The Morgan fingerprint density at radius 2 is 1.85 bits per heavy atom. The maximum Gasteiger partial charge on any atom is 0.261 e. The molecule has 0 aliphatic rings. The Kier molecular flexibility index (Phi) is 9.65. The molecule has 0 fully saturated rings. The molecule has 0 aliphatic heterocycles. The third-order valence-corrected chi connectivity index (χ3v) is 4.97. The second-order valence-electron chi connectivity index (χ2n) is 5.56. The molecule has 0 saturated heterocycles. The van der Waals surface area contributed by atoms with Gasteiger partial charge in [-0.25, -0.2) is 0 Å². The van der Waals surface area contributed by atoms with E-state index in [0.717, 1.165) is 25.1 Å². The van der Waals surface area contributed by atoms with Crippen LogP contribution in [0.25, 0.3) is 0 Å². The van der Waals surface area contributed by atoms with Crippen LogP contribution >= 0.6 is 35.3 Å². The first-order chi connectivity index (χ1) is 12.0. The Hall–Kier alpha value is -1.60. The Labute approximate surface area is 168 Å². The summed E-state index contributed by atoms with van der Waals surface area (Å²) in [5.41, 5.74) is 1.24. The normalized spacial score (nSPS) is 10.1. The van der Waals surface area contributed by atoms with Gasteiger partial charge in [-0.05, 0) is 43.7 Å². The molecule has 0 radical (unpaired) electrons. The summed E-state index contributed by atoms with van der Waals surface area (Å²) >= 11 is 7.30. The SMILES string of the molecule is CCCNCCNC(=O)c1sc(NC(=O)c2ccccc2Cl)cc1C.Cl. The van der Waals surface area contributed by atoms with Gasteiger partial charge in [0.05, 0.1) is 20.5 Å². The first-order valence-electron chi connectivity index (χ1n) is 8.18. The van der Waals surface area contributed by atoms with Crippen molar-refractivity contribution in [3.05, 3.63) is 51.4 Å². The number of amides is 2. The van der Waals surface area contributed by atoms with Crippen LogP contribution in [-0.2, 0) is 0 Å². The molecular formula is C18H23Cl2N3O2S. The highest BCUT2D eigenvalue weighted by molar-refractivity contribution is 7.18.